The zero-order chi connectivity index (χ0) is 18.2. The first kappa shape index (κ1) is 21.1. The van der Waals surface area contributed by atoms with Crippen LogP contribution in [0.5, 0.6) is 17.2 Å². The number of methoxy groups -OCH3 is 1. The second kappa shape index (κ2) is 10.9. The number of ether oxygens (including phenoxy) is 3. The number of nitrogens with one attached hydrogen (secondary N) is 1. The van der Waals surface area contributed by atoms with Gasteiger partial charge in [-0.1, -0.05) is 12.1 Å². The Morgan fingerprint density at radius 1 is 1.11 bits per heavy atom. The van der Waals surface area contributed by atoms with E-state index in [-0.39, 0.29) is 24.0 Å². The first-order valence-corrected chi connectivity index (χ1v) is 8.84. The van der Waals surface area contributed by atoms with Gasteiger partial charge in [-0.05, 0) is 42.7 Å². The lowest BCUT2D eigenvalue weighted by Gasteiger charge is -2.10. The minimum atomic E-state index is 0. The van der Waals surface area contributed by atoms with Gasteiger partial charge >= 0.3 is 0 Å². The molecule has 27 heavy (non-hydrogen) atoms. The number of benzene rings is 2. The number of rotatable bonds is 6. The summed E-state index contributed by atoms with van der Waals surface area (Å²) in [7, 11) is 1.67. The Labute approximate surface area is 177 Å². The second-order valence-corrected chi connectivity index (χ2v) is 6.06. The predicted octanol–water partition coefficient (Wildman–Crippen LogP) is 3.83. The van der Waals surface area contributed by atoms with Crippen molar-refractivity contribution in [2.24, 2.45) is 10.7 Å². The fourth-order valence-electron chi connectivity index (χ4n) is 2.70. The molecule has 1 aliphatic heterocycles. The SMILES string of the molecule is COc1ccc(CCCN=C(N)Nc2ccc3c(c2)OCCCO3)cc1.I. The topological polar surface area (TPSA) is 78.1 Å². The predicted molar refractivity (Wildman–Crippen MR) is 119 cm³/mol. The van der Waals surface area contributed by atoms with Gasteiger partial charge < -0.3 is 25.3 Å². The first-order chi connectivity index (χ1) is 12.7. The van der Waals surface area contributed by atoms with Crippen molar-refractivity contribution < 1.29 is 14.2 Å². The van der Waals surface area contributed by atoms with Gasteiger partial charge in [0.25, 0.3) is 0 Å². The van der Waals surface area contributed by atoms with E-state index in [1.807, 2.05) is 30.3 Å². The van der Waals surface area contributed by atoms with E-state index in [0.29, 0.717) is 25.7 Å². The Morgan fingerprint density at radius 3 is 2.59 bits per heavy atom. The Morgan fingerprint density at radius 2 is 1.85 bits per heavy atom. The van der Waals surface area contributed by atoms with Crippen molar-refractivity contribution in [1.82, 2.24) is 0 Å². The maximum Gasteiger partial charge on any atom is 0.193 e. The van der Waals surface area contributed by atoms with Gasteiger partial charge in [0.05, 0.1) is 20.3 Å². The molecule has 0 unspecified atom stereocenters. The van der Waals surface area contributed by atoms with Crippen LogP contribution < -0.4 is 25.3 Å². The first-order valence-electron chi connectivity index (χ1n) is 8.84. The van der Waals surface area contributed by atoms with E-state index < -0.39 is 0 Å². The van der Waals surface area contributed by atoms with Crippen LogP contribution in [0, 0.1) is 0 Å². The maximum atomic E-state index is 5.98. The van der Waals surface area contributed by atoms with Gasteiger partial charge in [0, 0.05) is 24.7 Å². The second-order valence-electron chi connectivity index (χ2n) is 6.06. The van der Waals surface area contributed by atoms with Crippen molar-refractivity contribution in [2.75, 3.05) is 32.2 Å². The van der Waals surface area contributed by atoms with E-state index >= 15 is 0 Å². The highest BCUT2D eigenvalue weighted by molar-refractivity contribution is 14.0. The molecular weight excluding hydrogens is 457 g/mol. The van der Waals surface area contributed by atoms with Crippen molar-refractivity contribution in [1.29, 1.82) is 0 Å². The highest BCUT2D eigenvalue weighted by Crippen LogP contribution is 2.32. The van der Waals surface area contributed by atoms with Crippen LogP contribution in [0.1, 0.15) is 18.4 Å². The van der Waals surface area contributed by atoms with E-state index in [1.54, 1.807) is 7.11 Å². The normalized spacial score (nSPS) is 13.3. The Kier molecular flexibility index (Phi) is 8.50. The number of aryl methyl sites for hydroxylation is 1. The molecule has 1 aliphatic rings. The molecule has 0 radical (unpaired) electrons. The van der Waals surface area contributed by atoms with Crippen molar-refractivity contribution in [3.8, 4) is 17.2 Å². The lowest BCUT2D eigenvalue weighted by Crippen LogP contribution is -2.22. The van der Waals surface area contributed by atoms with Crippen LogP contribution in [-0.2, 0) is 6.42 Å². The van der Waals surface area contributed by atoms with Crippen LogP contribution in [-0.4, -0.2) is 32.8 Å². The van der Waals surface area contributed by atoms with Crippen LogP contribution in [0.4, 0.5) is 5.69 Å². The summed E-state index contributed by atoms with van der Waals surface area (Å²) in [6.07, 6.45) is 2.76. The number of guanidine groups is 1. The van der Waals surface area contributed by atoms with Crippen LogP contribution in [0.2, 0.25) is 0 Å². The zero-order valence-electron chi connectivity index (χ0n) is 15.4. The standard InChI is InChI=1S/C20H25N3O3.HI/c1-24-17-8-5-15(6-9-17)4-2-11-22-20(21)23-16-7-10-18-19(14-16)26-13-3-12-25-18;/h5-10,14H,2-4,11-13H2,1H3,(H3,21,22,23);1H. The molecule has 0 spiro atoms. The molecule has 3 rings (SSSR count). The van der Waals surface area contributed by atoms with Crippen molar-refractivity contribution >= 4 is 35.6 Å². The zero-order valence-corrected chi connectivity index (χ0v) is 17.8. The largest absolute Gasteiger partial charge is 0.497 e. The summed E-state index contributed by atoms with van der Waals surface area (Å²) in [5.74, 6) is 2.77. The van der Waals surface area contributed by atoms with Crippen molar-refractivity contribution in [3.05, 3.63) is 48.0 Å². The summed E-state index contributed by atoms with van der Waals surface area (Å²) in [6.45, 7) is 2.00. The Bertz CT molecular complexity index is 751. The molecule has 7 heteroatoms. The molecule has 0 amide bonds. The molecule has 0 aliphatic carbocycles. The van der Waals surface area contributed by atoms with Gasteiger partial charge in [-0.3, -0.25) is 4.99 Å². The average molecular weight is 483 g/mol. The van der Waals surface area contributed by atoms with Crippen LogP contribution in [0.25, 0.3) is 0 Å². The number of nitrogens with two attached hydrogens (primary N) is 1. The molecule has 146 valence electrons. The molecule has 2 aromatic carbocycles. The summed E-state index contributed by atoms with van der Waals surface area (Å²) in [6, 6.07) is 13.8. The lowest BCUT2D eigenvalue weighted by atomic mass is 10.1. The van der Waals surface area contributed by atoms with Crippen LogP contribution in [0.3, 0.4) is 0 Å². The number of halogens is 1. The maximum absolute atomic E-state index is 5.98. The molecule has 0 saturated heterocycles. The fraction of sp³-hybridized carbons (Fsp3) is 0.350. The molecule has 6 nitrogen and oxygen atoms in total. The van der Waals surface area contributed by atoms with Gasteiger partial charge in [-0.2, -0.15) is 0 Å². The summed E-state index contributed by atoms with van der Waals surface area (Å²) >= 11 is 0. The van der Waals surface area contributed by atoms with E-state index in [9.17, 15) is 0 Å². The molecular formula is C20H26IN3O3. The van der Waals surface area contributed by atoms with Gasteiger partial charge in [-0.25, -0.2) is 0 Å². The van der Waals surface area contributed by atoms with Crippen LogP contribution in [0.15, 0.2) is 47.5 Å². The summed E-state index contributed by atoms with van der Waals surface area (Å²) in [5, 5.41) is 3.10. The molecule has 0 fully saturated rings. The minimum absolute atomic E-state index is 0. The molecule has 0 saturated carbocycles. The molecule has 0 aromatic heterocycles. The average Bonchev–Trinajstić information content (AvgIpc) is 2.91. The molecule has 1 heterocycles. The highest BCUT2D eigenvalue weighted by atomic mass is 127. The third-order valence-corrected chi connectivity index (χ3v) is 4.08. The molecule has 2 aromatic rings. The van der Waals surface area contributed by atoms with Gasteiger partial charge in [0.1, 0.15) is 5.75 Å². The number of fused-ring (bicyclic) bond motifs is 1. The smallest absolute Gasteiger partial charge is 0.193 e. The van der Waals surface area contributed by atoms with Gasteiger partial charge in [0.15, 0.2) is 17.5 Å². The lowest BCUT2D eigenvalue weighted by molar-refractivity contribution is 0.297. The number of anilines is 1. The number of hydrogen-bond donors (Lipinski definition) is 2. The molecule has 0 atom stereocenters. The Hall–Kier alpha value is -2.16. The van der Waals surface area contributed by atoms with Crippen molar-refractivity contribution in [2.45, 2.75) is 19.3 Å². The summed E-state index contributed by atoms with van der Waals surface area (Å²) < 4.78 is 16.5. The highest BCUT2D eigenvalue weighted by Gasteiger charge is 2.10. The third-order valence-electron chi connectivity index (χ3n) is 4.08. The summed E-state index contributed by atoms with van der Waals surface area (Å²) in [5.41, 5.74) is 8.08. The van der Waals surface area contributed by atoms with E-state index in [1.165, 1.54) is 5.56 Å². The summed E-state index contributed by atoms with van der Waals surface area (Å²) in [4.78, 5) is 4.39. The van der Waals surface area contributed by atoms with E-state index in [4.69, 9.17) is 19.9 Å². The monoisotopic (exact) mass is 483 g/mol. The number of hydrogen-bond acceptors (Lipinski definition) is 4. The van der Waals surface area contributed by atoms with Crippen LogP contribution >= 0.6 is 24.0 Å². The number of nitrogens with zero attached hydrogens (tertiary/aromatic N) is 1. The molecule has 3 N–H and O–H groups in total. The number of aliphatic imine (C=N–C) groups is 1. The fourth-order valence-corrected chi connectivity index (χ4v) is 2.70. The molecule has 0 bridgehead atoms. The van der Waals surface area contributed by atoms with Gasteiger partial charge in [-0.15, -0.1) is 24.0 Å². The van der Waals surface area contributed by atoms with E-state index in [2.05, 4.69) is 22.4 Å². The minimum Gasteiger partial charge on any atom is -0.497 e. The van der Waals surface area contributed by atoms with Gasteiger partial charge in [0.2, 0.25) is 0 Å². The Balaban J connectivity index is 0.00000261. The van der Waals surface area contributed by atoms with Crippen molar-refractivity contribution in [3.63, 3.8) is 0 Å². The third kappa shape index (κ3) is 6.50. The van der Waals surface area contributed by atoms with E-state index in [0.717, 1.165) is 42.2 Å². The quantitative estimate of drug-likeness (QED) is 0.283.